The van der Waals surface area contributed by atoms with Crippen LogP contribution >= 0.6 is 11.3 Å². The van der Waals surface area contributed by atoms with Crippen molar-refractivity contribution in [1.82, 2.24) is 10.2 Å². The molecule has 0 fully saturated rings. The predicted octanol–water partition coefficient (Wildman–Crippen LogP) is 1.72. The van der Waals surface area contributed by atoms with Crippen molar-refractivity contribution in [1.29, 1.82) is 0 Å². The molecule has 122 valence electrons. The van der Waals surface area contributed by atoms with Gasteiger partial charge in [-0.25, -0.2) is 0 Å². The largest absolute Gasteiger partial charge is 0.493 e. The highest BCUT2D eigenvalue weighted by Gasteiger charge is 2.32. The van der Waals surface area contributed by atoms with Crippen LogP contribution in [0.4, 0.5) is 10.8 Å². The fraction of sp³-hybridized carbons (Fsp3) is 0.250. The van der Waals surface area contributed by atoms with E-state index in [2.05, 4.69) is 15.5 Å². The van der Waals surface area contributed by atoms with Gasteiger partial charge in [-0.15, -0.1) is 10.2 Å². The van der Waals surface area contributed by atoms with Crippen molar-refractivity contribution in [3.8, 4) is 17.2 Å². The average Bonchev–Trinajstić information content (AvgIpc) is 3.05. The Kier molecular flexibility index (Phi) is 4.91. The molecule has 11 heteroatoms. The fourth-order valence-electron chi connectivity index (χ4n) is 1.89. The SMILES string of the molecule is COc1cc(C(=O)Nc2nncs2)c([N+](=O)[O-])c(OC)c1OC. The standard InChI is InChI=1S/C12H12N4O6S/c1-20-7-4-6(11(17)14-12-15-13-5-23-12)8(16(18)19)10(22-3)9(7)21-2/h4-5H,1-3H3,(H,14,15,17). The van der Waals surface area contributed by atoms with E-state index >= 15 is 0 Å². The molecular weight excluding hydrogens is 328 g/mol. The number of benzene rings is 1. The number of carbonyl (C=O) groups is 1. The minimum Gasteiger partial charge on any atom is -0.493 e. The van der Waals surface area contributed by atoms with Crippen LogP contribution < -0.4 is 19.5 Å². The summed E-state index contributed by atoms with van der Waals surface area (Å²) in [6.07, 6.45) is 0. The summed E-state index contributed by atoms with van der Waals surface area (Å²) in [6, 6.07) is 1.20. The molecule has 0 unspecified atom stereocenters. The van der Waals surface area contributed by atoms with Crippen molar-refractivity contribution < 1.29 is 23.9 Å². The Morgan fingerprint density at radius 2 is 1.96 bits per heavy atom. The molecule has 0 saturated heterocycles. The average molecular weight is 340 g/mol. The minimum absolute atomic E-state index is 0.0224. The summed E-state index contributed by atoms with van der Waals surface area (Å²) in [6.45, 7) is 0. The Hall–Kier alpha value is -2.95. The van der Waals surface area contributed by atoms with E-state index in [9.17, 15) is 14.9 Å². The summed E-state index contributed by atoms with van der Waals surface area (Å²) < 4.78 is 15.2. The van der Waals surface area contributed by atoms with Crippen LogP contribution in [0.5, 0.6) is 17.2 Å². The zero-order valence-electron chi connectivity index (χ0n) is 12.4. The number of aromatic nitrogens is 2. The molecule has 23 heavy (non-hydrogen) atoms. The first-order valence-electron chi connectivity index (χ1n) is 6.08. The monoisotopic (exact) mass is 340 g/mol. The van der Waals surface area contributed by atoms with Gasteiger partial charge in [0, 0.05) is 6.07 Å². The molecule has 2 rings (SSSR count). The van der Waals surface area contributed by atoms with Gasteiger partial charge in [0.2, 0.25) is 16.6 Å². The number of nitro benzene ring substituents is 1. The zero-order chi connectivity index (χ0) is 17.0. The summed E-state index contributed by atoms with van der Waals surface area (Å²) in [4.78, 5) is 23.0. The molecular formula is C12H12N4O6S. The van der Waals surface area contributed by atoms with E-state index in [1.165, 1.54) is 32.9 Å². The number of carbonyl (C=O) groups excluding carboxylic acids is 1. The molecule has 0 atom stereocenters. The van der Waals surface area contributed by atoms with Crippen LogP contribution in [0.3, 0.4) is 0 Å². The van der Waals surface area contributed by atoms with E-state index in [0.29, 0.717) is 0 Å². The molecule has 0 saturated carbocycles. The maximum Gasteiger partial charge on any atom is 0.327 e. The highest BCUT2D eigenvalue weighted by molar-refractivity contribution is 7.13. The lowest BCUT2D eigenvalue weighted by Gasteiger charge is -2.14. The molecule has 0 aliphatic carbocycles. The fourth-order valence-corrected chi connectivity index (χ4v) is 2.33. The number of hydrogen-bond donors (Lipinski definition) is 1. The Balaban J connectivity index is 2.61. The smallest absolute Gasteiger partial charge is 0.327 e. The number of ether oxygens (including phenoxy) is 3. The third-order valence-corrected chi connectivity index (χ3v) is 3.42. The summed E-state index contributed by atoms with van der Waals surface area (Å²) >= 11 is 1.08. The highest BCUT2D eigenvalue weighted by atomic mass is 32.1. The van der Waals surface area contributed by atoms with Crippen molar-refractivity contribution in [3.63, 3.8) is 0 Å². The molecule has 1 aromatic carbocycles. The summed E-state index contributed by atoms with van der Waals surface area (Å²) in [5.41, 5.74) is 0.631. The number of nitrogens with zero attached hydrogens (tertiary/aromatic N) is 3. The predicted molar refractivity (Wildman–Crippen MR) is 80.6 cm³/mol. The number of hydrogen-bond acceptors (Lipinski definition) is 9. The number of rotatable bonds is 6. The molecule has 0 spiro atoms. The van der Waals surface area contributed by atoms with E-state index in [1.807, 2.05) is 0 Å². The molecule has 0 aliphatic rings. The third-order valence-electron chi connectivity index (χ3n) is 2.81. The van der Waals surface area contributed by atoms with Gasteiger partial charge in [0.25, 0.3) is 5.91 Å². The zero-order valence-corrected chi connectivity index (χ0v) is 13.2. The van der Waals surface area contributed by atoms with Gasteiger partial charge in [-0.2, -0.15) is 0 Å². The van der Waals surface area contributed by atoms with Gasteiger partial charge in [0.1, 0.15) is 11.1 Å². The first-order valence-corrected chi connectivity index (χ1v) is 6.96. The molecule has 1 N–H and O–H groups in total. The molecule has 10 nitrogen and oxygen atoms in total. The van der Waals surface area contributed by atoms with Crippen molar-refractivity contribution in [2.75, 3.05) is 26.6 Å². The number of nitro groups is 1. The number of nitrogens with one attached hydrogen (secondary N) is 1. The van der Waals surface area contributed by atoms with E-state index in [0.717, 1.165) is 11.3 Å². The van der Waals surface area contributed by atoms with Gasteiger partial charge in [0.15, 0.2) is 5.75 Å². The molecule has 1 heterocycles. The Morgan fingerprint density at radius 3 is 2.43 bits per heavy atom. The van der Waals surface area contributed by atoms with Crippen LogP contribution in [0.2, 0.25) is 0 Å². The summed E-state index contributed by atoms with van der Waals surface area (Å²) in [5.74, 6) is -0.807. The molecule has 0 radical (unpaired) electrons. The quantitative estimate of drug-likeness (QED) is 0.622. The van der Waals surface area contributed by atoms with Gasteiger partial charge in [-0.3, -0.25) is 20.2 Å². The Labute approximate surface area is 134 Å². The second-order valence-electron chi connectivity index (χ2n) is 4.00. The van der Waals surface area contributed by atoms with Gasteiger partial charge in [0.05, 0.1) is 26.3 Å². The van der Waals surface area contributed by atoms with Crippen LogP contribution in [-0.4, -0.2) is 42.4 Å². The van der Waals surface area contributed by atoms with Crippen LogP contribution in [-0.2, 0) is 0 Å². The van der Waals surface area contributed by atoms with Crippen LogP contribution in [0.15, 0.2) is 11.6 Å². The van der Waals surface area contributed by atoms with Gasteiger partial charge in [-0.1, -0.05) is 11.3 Å². The Bertz CT molecular complexity index is 734. The lowest BCUT2D eigenvalue weighted by atomic mass is 10.1. The van der Waals surface area contributed by atoms with Gasteiger partial charge < -0.3 is 14.2 Å². The van der Waals surface area contributed by atoms with Gasteiger partial charge in [-0.05, 0) is 0 Å². The lowest BCUT2D eigenvalue weighted by Crippen LogP contribution is -2.15. The number of amides is 1. The second kappa shape index (κ2) is 6.87. The normalized spacial score (nSPS) is 10.0. The first-order chi connectivity index (χ1) is 11.0. The maximum absolute atomic E-state index is 12.3. The van der Waals surface area contributed by atoms with E-state index in [1.54, 1.807) is 0 Å². The van der Waals surface area contributed by atoms with E-state index in [-0.39, 0.29) is 27.9 Å². The third kappa shape index (κ3) is 3.13. The number of methoxy groups -OCH3 is 3. The van der Waals surface area contributed by atoms with Crippen LogP contribution in [0.1, 0.15) is 10.4 Å². The van der Waals surface area contributed by atoms with Crippen molar-refractivity contribution in [2.45, 2.75) is 0 Å². The number of anilines is 1. The maximum atomic E-state index is 12.3. The molecule has 2 aromatic rings. The molecule has 0 bridgehead atoms. The first kappa shape index (κ1) is 16.4. The van der Waals surface area contributed by atoms with Crippen LogP contribution in [0.25, 0.3) is 0 Å². The molecule has 0 aliphatic heterocycles. The summed E-state index contributed by atoms with van der Waals surface area (Å²) in [7, 11) is 3.89. The molecule has 1 amide bonds. The van der Waals surface area contributed by atoms with Gasteiger partial charge >= 0.3 is 5.69 Å². The van der Waals surface area contributed by atoms with Crippen molar-refractivity contribution in [3.05, 3.63) is 27.3 Å². The van der Waals surface area contributed by atoms with E-state index in [4.69, 9.17) is 14.2 Å². The minimum atomic E-state index is -0.743. The van der Waals surface area contributed by atoms with Crippen molar-refractivity contribution in [2.24, 2.45) is 0 Å². The lowest BCUT2D eigenvalue weighted by molar-refractivity contribution is -0.386. The topological polar surface area (TPSA) is 126 Å². The van der Waals surface area contributed by atoms with Crippen molar-refractivity contribution >= 4 is 28.1 Å². The van der Waals surface area contributed by atoms with Crippen LogP contribution in [0, 0.1) is 10.1 Å². The molecule has 1 aromatic heterocycles. The van der Waals surface area contributed by atoms with E-state index < -0.39 is 16.5 Å². The summed E-state index contributed by atoms with van der Waals surface area (Å²) in [5, 5.41) is 21.3. The Morgan fingerprint density at radius 1 is 1.26 bits per heavy atom. The highest BCUT2D eigenvalue weighted by Crippen LogP contribution is 2.46. The second-order valence-corrected chi connectivity index (χ2v) is 4.83.